The van der Waals surface area contributed by atoms with Crippen molar-refractivity contribution in [2.45, 2.75) is 44.8 Å². The largest absolute Gasteiger partial charge is 0.455 e. The second-order valence-electron chi connectivity index (χ2n) is 5.56. The van der Waals surface area contributed by atoms with Crippen LogP contribution in [0, 0.1) is 0 Å². The molecule has 2 rings (SSSR count). The Labute approximate surface area is 137 Å². The third-order valence-electron chi connectivity index (χ3n) is 3.64. The average Bonchev–Trinajstić information content (AvgIpc) is 2.71. The van der Waals surface area contributed by atoms with E-state index in [2.05, 4.69) is 4.98 Å². The fraction of sp³-hybridized carbons (Fsp3) is 0.571. The van der Waals surface area contributed by atoms with Gasteiger partial charge in [0, 0.05) is 20.0 Å². The molecule has 1 aliphatic rings. The number of carbonyl (C=O) groups is 2. The van der Waals surface area contributed by atoms with Crippen molar-refractivity contribution in [1.29, 1.82) is 0 Å². The lowest BCUT2D eigenvalue weighted by Crippen LogP contribution is -2.51. The summed E-state index contributed by atoms with van der Waals surface area (Å²) < 4.78 is 17.2. The van der Waals surface area contributed by atoms with Gasteiger partial charge in [0.15, 0.2) is 17.9 Å². The first-order chi connectivity index (χ1) is 11.2. The van der Waals surface area contributed by atoms with E-state index in [1.807, 2.05) is 0 Å². The smallest absolute Gasteiger partial charge is 0.351 e. The number of hydrogen-bond acceptors (Lipinski definition) is 9. The maximum Gasteiger partial charge on any atom is 0.351 e. The van der Waals surface area contributed by atoms with Gasteiger partial charge in [0.2, 0.25) is 0 Å². The SMILES string of the molecule is CC(=O)O[C@@H]1[C@@H](CO)O[C@@H](n2ccc(N)nc2=O)[C@]1(C)OC(C)=O. The highest BCUT2D eigenvalue weighted by Gasteiger charge is 2.59. The highest BCUT2D eigenvalue weighted by molar-refractivity contribution is 5.68. The summed E-state index contributed by atoms with van der Waals surface area (Å²) in [5, 5.41) is 9.51. The molecule has 1 fully saturated rings. The third-order valence-corrected chi connectivity index (χ3v) is 3.64. The number of hydrogen-bond donors (Lipinski definition) is 2. The van der Waals surface area contributed by atoms with E-state index in [9.17, 15) is 19.5 Å². The molecule has 4 atom stereocenters. The molecule has 0 spiro atoms. The zero-order chi connectivity index (χ0) is 18.1. The molecule has 24 heavy (non-hydrogen) atoms. The van der Waals surface area contributed by atoms with Crippen LogP contribution in [0.25, 0.3) is 0 Å². The minimum atomic E-state index is -1.55. The summed E-state index contributed by atoms with van der Waals surface area (Å²) in [6.07, 6.45) is -1.95. The summed E-state index contributed by atoms with van der Waals surface area (Å²) in [7, 11) is 0. The second kappa shape index (κ2) is 6.57. The van der Waals surface area contributed by atoms with E-state index < -0.39 is 48.3 Å². The van der Waals surface area contributed by atoms with Crippen molar-refractivity contribution in [2.24, 2.45) is 0 Å². The molecule has 0 bridgehead atoms. The number of aromatic nitrogens is 2. The molecule has 0 radical (unpaired) electrons. The van der Waals surface area contributed by atoms with E-state index in [0.717, 1.165) is 4.57 Å². The van der Waals surface area contributed by atoms with Crippen LogP contribution in [0.15, 0.2) is 17.1 Å². The number of carbonyl (C=O) groups excluding carboxylic acids is 2. The van der Waals surface area contributed by atoms with Crippen molar-refractivity contribution in [2.75, 3.05) is 12.3 Å². The predicted molar refractivity (Wildman–Crippen MR) is 79.6 cm³/mol. The van der Waals surface area contributed by atoms with Crippen LogP contribution in [0.5, 0.6) is 0 Å². The van der Waals surface area contributed by atoms with E-state index in [0.29, 0.717) is 0 Å². The van der Waals surface area contributed by atoms with Crippen LogP contribution in [0.2, 0.25) is 0 Å². The Morgan fingerprint density at radius 1 is 1.46 bits per heavy atom. The normalized spacial score (nSPS) is 29.2. The number of esters is 2. The number of rotatable bonds is 4. The molecule has 0 unspecified atom stereocenters. The zero-order valence-corrected chi connectivity index (χ0v) is 13.5. The van der Waals surface area contributed by atoms with E-state index in [1.54, 1.807) is 0 Å². The van der Waals surface area contributed by atoms with Crippen LogP contribution in [-0.2, 0) is 23.8 Å². The van der Waals surface area contributed by atoms with Crippen LogP contribution >= 0.6 is 0 Å². The Bertz CT molecular complexity index is 704. The molecule has 3 N–H and O–H groups in total. The quantitative estimate of drug-likeness (QED) is 0.657. The van der Waals surface area contributed by atoms with Gasteiger partial charge in [-0.3, -0.25) is 14.2 Å². The lowest BCUT2D eigenvalue weighted by molar-refractivity contribution is -0.185. The lowest BCUT2D eigenvalue weighted by Gasteiger charge is -2.34. The van der Waals surface area contributed by atoms with Gasteiger partial charge in [-0.2, -0.15) is 4.98 Å². The Kier molecular flexibility index (Phi) is 4.90. The molecule has 0 amide bonds. The second-order valence-corrected chi connectivity index (χ2v) is 5.56. The van der Waals surface area contributed by atoms with E-state index >= 15 is 0 Å². The van der Waals surface area contributed by atoms with Crippen LogP contribution in [0.4, 0.5) is 5.82 Å². The van der Waals surface area contributed by atoms with Crippen LogP contribution in [0.3, 0.4) is 0 Å². The van der Waals surface area contributed by atoms with Gasteiger partial charge in [-0.05, 0) is 13.0 Å². The Morgan fingerprint density at radius 3 is 2.62 bits per heavy atom. The van der Waals surface area contributed by atoms with Crippen molar-refractivity contribution >= 4 is 17.8 Å². The summed E-state index contributed by atoms with van der Waals surface area (Å²) in [5.74, 6) is -1.30. The molecular formula is C14H19N3O7. The highest BCUT2D eigenvalue weighted by atomic mass is 16.7. The van der Waals surface area contributed by atoms with Crippen LogP contribution in [0.1, 0.15) is 27.0 Å². The minimum absolute atomic E-state index is 0.0127. The fourth-order valence-electron chi connectivity index (χ4n) is 2.76. The lowest BCUT2D eigenvalue weighted by atomic mass is 9.95. The number of nitrogens with zero attached hydrogens (tertiary/aromatic N) is 2. The molecule has 132 valence electrons. The van der Waals surface area contributed by atoms with Gasteiger partial charge in [0.1, 0.15) is 11.9 Å². The zero-order valence-electron chi connectivity index (χ0n) is 13.5. The Morgan fingerprint density at radius 2 is 2.12 bits per heavy atom. The molecule has 10 nitrogen and oxygen atoms in total. The Balaban J connectivity index is 2.53. The Hall–Kier alpha value is -2.46. The number of aliphatic hydroxyl groups excluding tert-OH is 1. The summed E-state index contributed by atoms with van der Waals surface area (Å²) in [4.78, 5) is 38.6. The van der Waals surface area contributed by atoms with Crippen molar-refractivity contribution < 1.29 is 28.9 Å². The van der Waals surface area contributed by atoms with E-state index in [1.165, 1.54) is 33.0 Å². The van der Waals surface area contributed by atoms with Gasteiger partial charge < -0.3 is 25.1 Å². The number of nitrogen functional groups attached to an aromatic ring is 1. The predicted octanol–water partition coefficient (Wildman–Crippen LogP) is -1.03. The topological polar surface area (TPSA) is 143 Å². The van der Waals surface area contributed by atoms with E-state index in [-0.39, 0.29) is 5.82 Å². The molecule has 1 aromatic heterocycles. The van der Waals surface area contributed by atoms with Gasteiger partial charge in [0.05, 0.1) is 6.61 Å². The molecule has 1 aliphatic heterocycles. The molecule has 1 aromatic rings. The van der Waals surface area contributed by atoms with Gasteiger partial charge in [-0.25, -0.2) is 4.79 Å². The molecule has 10 heteroatoms. The number of nitrogens with two attached hydrogens (primary N) is 1. The van der Waals surface area contributed by atoms with Crippen molar-refractivity contribution in [3.8, 4) is 0 Å². The first-order valence-electron chi connectivity index (χ1n) is 7.16. The molecule has 2 heterocycles. The number of ether oxygens (including phenoxy) is 3. The van der Waals surface area contributed by atoms with Crippen molar-refractivity contribution in [3.05, 3.63) is 22.7 Å². The monoisotopic (exact) mass is 341 g/mol. The molecule has 0 aromatic carbocycles. The minimum Gasteiger partial charge on any atom is -0.455 e. The van der Waals surface area contributed by atoms with Gasteiger partial charge in [0.25, 0.3) is 0 Å². The first-order valence-corrected chi connectivity index (χ1v) is 7.16. The highest BCUT2D eigenvalue weighted by Crippen LogP contribution is 2.42. The number of anilines is 1. The van der Waals surface area contributed by atoms with Crippen molar-refractivity contribution in [3.63, 3.8) is 0 Å². The summed E-state index contributed by atoms with van der Waals surface area (Å²) >= 11 is 0. The third kappa shape index (κ3) is 3.24. The van der Waals surface area contributed by atoms with Crippen LogP contribution in [-0.4, -0.2) is 51.0 Å². The van der Waals surface area contributed by atoms with Gasteiger partial charge >= 0.3 is 17.6 Å². The van der Waals surface area contributed by atoms with Gasteiger partial charge in [-0.1, -0.05) is 0 Å². The molecule has 1 saturated heterocycles. The van der Waals surface area contributed by atoms with E-state index in [4.69, 9.17) is 19.9 Å². The summed E-state index contributed by atoms with van der Waals surface area (Å²) in [6, 6.07) is 1.37. The molecule has 0 aliphatic carbocycles. The molecule has 0 saturated carbocycles. The first kappa shape index (κ1) is 17.9. The average molecular weight is 341 g/mol. The maximum absolute atomic E-state index is 12.1. The summed E-state index contributed by atoms with van der Waals surface area (Å²) in [6.45, 7) is 3.28. The van der Waals surface area contributed by atoms with Crippen LogP contribution < -0.4 is 11.4 Å². The van der Waals surface area contributed by atoms with Gasteiger partial charge in [-0.15, -0.1) is 0 Å². The fourth-order valence-corrected chi connectivity index (χ4v) is 2.76. The standard InChI is InChI=1S/C14H19N3O7/c1-7(19)22-11-9(6-18)23-12(14(11,3)24-8(2)20)17-5-4-10(15)16-13(17)21/h4-5,9,11-12,18H,6H2,1-3H3,(H2,15,16,21)/t9-,11-,12-,14-/m1/s1. The van der Waals surface area contributed by atoms with Crippen molar-refractivity contribution in [1.82, 2.24) is 9.55 Å². The maximum atomic E-state index is 12.1. The summed E-state index contributed by atoms with van der Waals surface area (Å²) in [5.41, 5.74) is 3.17. The molecular weight excluding hydrogens is 322 g/mol. The number of aliphatic hydroxyl groups is 1.